The van der Waals surface area contributed by atoms with E-state index in [2.05, 4.69) is 10.0 Å². The number of rotatable bonds is 6. The van der Waals surface area contributed by atoms with E-state index in [1.54, 1.807) is 7.11 Å². The highest BCUT2D eigenvalue weighted by atomic mass is 35.5. The van der Waals surface area contributed by atoms with Gasteiger partial charge >= 0.3 is 0 Å². The molecule has 0 saturated carbocycles. The van der Waals surface area contributed by atoms with Crippen LogP contribution in [-0.4, -0.2) is 70.4 Å². The molecule has 2 heterocycles. The summed E-state index contributed by atoms with van der Waals surface area (Å²) in [5.74, 6) is 0. The second-order valence-electron chi connectivity index (χ2n) is 6.51. The van der Waals surface area contributed by atoms with E-state index in [1.165, 1.54) is 4.31 Å². The Morgan fingerprint density at radius 3 is 2.68 bits per heavy atom. The fourth-order valence-electron chi connectivity index (χ4n) is 2.97. The summed E-state index contributed by atoms with van der Waals surface area (Å²) in [5, 5.41) is 3.37. The lowest BCUT2D eigenvalue weighted by atomic mass is 9.99. The minimum atomic E-state index is -3.49. The first kappa shape index (κ1) is 20.1. The Balaban J connectivity index is 0.00000242. The highest BCUT2D eigenvalue weighted by molar-refractivity contribution is 7.87. The molecule has 0 aromatic rings. The third-order valence-corrected chi connectivity index (χ3v) is 5.58. The molecule has 0 aromatic carbocycles. The molecule has 1 atom stereocenters. The van der Waals surface area contributed by atoms with E-state index in [0.29, 0.717) is 32.8 Å². The quantitative estimate of drug-likeness (QED) is 0.706. The Morgan fingerprint density at radius 2 is 2.14 bits per heavy atom. The van der Waals surface area contributed by atoms with Gasteiger partial charge in [0.2, 0.25) is 0 Å². The maximum Gasteiger partial charge on any atom is 0.279 e. The molecule has 7 nitrogen and oxygen atoms in total. The predicted octanol–water partition coefficient (Wildman–Crippen LogP) is 0.122. The van der Waals surface area contributed by atoms with Crippen molar-refractivity contribution in [1.82, 2.24) is 14.3 Å². The van der Waals surface area contributed by atoms with Crippen LogP contribution in [0.25, 0.3) is 0 Å². The van der Waals surface area contributed by atoms with Crippen LogP contribution in [0.4, 0.5) is 0 Å². The molecule has 132 valence electrons. The minimum Gasteiger partial charge on any atom is -0.383 e. The minimum absolute atomic E-state index is 0. The average Bonchev–Trinajstić information content (AvgIpc) is 2.85. The first-order valence-electron chi connectivity index (χ1n) is 7.41. The summed E-state index contributed by atoms with van der Waals surface area (Å²) in [6, 6.07) is 0. The molecule has 0 aliphatic carbocycles. The largest absolute Gasteiger partial charge is 0.383 e. The van der Waals surface area contributed by atoms with E-state index in [0.717, 1.165) is 19.4 Å². The van der Waals surface area contributed by atoms with Crippen LogP contribution >= 0.6 is 12.4 Å². The standard InChI is InChI=1S/C13H27N3O4S.ClH/c1-12(2)10-16(7-8-20-12)21(17,18)15-9-13(11-19-3)5-4-6-14-13;/h14-15H,4-11H2,1-3H3;1H. The van der Waals surface area contributed by atoms with Crippen molar-refractivity contribution < 1.29 is 17.9 Å². The third-order valence-electron chi connectivity index (χ3n) is 4.08. The number of hydrogen-bond acceptors (Lipinski definition) is 5. The number of halogens is 1. The van der Waals surface area contributed by atoms with Crippen molar-refractivity contribution in [1.29, 1.82) is 0 Å². The second kappa shape index (κ2) is 7.74. The van der Waals surface area contributed by atoms with Gasteiger partial charge in [-0.05, 0) is 33.2 Å². The summed E-state index contributed by atoms with van der Waals surface area (Å²) >= 11 is 0. The molecule has 2 N–H and O–H groups in total. The van der Waals surface area contributed by atoms with Crippen LogP contribution < -0.4 is 10.0 Å². The highest BCUT2D eigenvalue weighted by Crippen LogP contribution is 2.21. The summed E-state index contributed by atoms with van der Waals surface area (Å²) in [4.78, 5) is 0. The zero-order valence-corrected chi connectivity index (χ0v) is 15.2. The lowest BCUT2D eigenvalue weighted by Crippen LogP contribution is -2.58. The first-order valence-corrected chi connectivity index (χ1v) is 8.85. The number of morpholine rings is 1. The molecule has 0 radical (unpaired) electrons. The molecular weight excluding hydrogens is 330 g/mol. The van der Waals surface area contributed by atoms with Crippen LogP contribution in [0.3, 0.4) is 0 Å². The van der Waals surface area contributed by atoms with Crippen LogP contribution in [0.5, 0.6) is 0 Å². The summed E-state index contributed by atoms with van der Waals surface area (Å²) < 4.78 is 39.9. The maximum atomic E-state index is 12.5. The van der Waals surface area contributed by atoms with E-state index >= 15 is 0 Å². The molecule has 0 amide bonds. The molecule has 2 saturated heterocycles. The van der Waals surface area contributed by atoms with Gasteiger partial charge in [-0.3, -0.25) is 0 Å². The molecular formula is C13H28ClN3O4S. The van der Waals surface area contributed by atoms with Gasteiger partial charge in [-0.1, -0.05) is 0 Å². The average molecular weight is 358 g/mol. The van der Waals surface area contributed by atoms with E-state index in [-0.39, 0.29) is 17.9 Å². The zero-order valence-electron chi connectivity index (χ0n) is 13.6. The number of methoxy groups -OCH3 is 1. The van der Waals surface area contributed by atoms with E-state index in [4.69, 9.17) is 9.47 Å². The van der Waals surface area contributed by atoms with E-state index in [9.17, 15) is 8.42 Å². The third kappa shape index (κ3) is 5.02. The Kier molecular flexibility index (Phi) is 7.07. The van der Waals surface area contributed by atoms with Crippen LogP contribution in [0.2, 0.25) is 0 Å². The smallest absolute Gasteiger partial charge is 0.279 e. The summed E-state index contributed by atoms with van der Waals surface area (Å²) in [6.45, 7) is 6.74. The molecule has 22 heavy (non-hydrogen) atoms. The van der Waals surface area contributed by atoms with Gasteiger partial charge in [0.25, 0.3) is 10.2 Å². The van der Waals surface area contributed by atoms with Gasteiger partial charge in [-0.15, -0.1) is 12.4 Å². The Labute approximate surface area is 139 Å². The Bertz CT molecular complexity index is 452. The van der Waals surface area contributed by atoms with Crippen molar-refractivity contribution in [2.45, 2.75) is 37.8 Å². The lowest BCUT2D eigenvalue weighted by Gasteiger charge is -2.38. The van der Waals surface area contributed by atoms with Gasteiger partial charge in [0.15, 0.2) is 0 Å². The van der Waals surface area contributed by atoms with Crippen LogP contribution in [0.1, 0.15) is 26.7 Å². The molecule has 2 fully saturated rings. The number of ether oxygens (including phenoxy) is 2. The van der Waals surface area contributed by atoms with Crippen LogP contribution in [0, 0.1) is 0 Å². The number of hydrogen-bond donors (Lipinski definition) is 2. The molecule has 2 aliphatic rings. The van der Waals surface area contributed by atoms with Crippen LogP contribution in [0.15, 0.2) is 0 Å². The van der Waals surface area contributed by atoms with Crippen molar-refractivity contribution in [2.75, 3.05) is 46.5 Å². The van der Waals surface area contributed by atoms with Crippen molar-refractivity contribution >= 4 is 22.6 Å². The number of nitrogens with zero attached hydrogens (tertiary/aromatic N) is 1. The predicted molar refractivity (Wildman–Crippen MR) is 87.6 cm³/mol. The Morgan fingerprint density at radius 1 is 1.41 bits per heavy atom. The SMILES string of the molecule is COCC1(CNS(=O)(=O)N2CCOC(C)(C)C2)CCCN1.Cl. The Hall–Kier alpha value is 0.0400. The topological polar surface area (TPSA) is 79.9 Å². The number of nitrogens with one attached hydrogen (secondary N) is 2. The monoisotopic (exact) mass is 357 g/mol. The lowest BCUT2D eigenvalue weighted by molar-refractivity contribution is -0.0643. The zero-order chi connectivity index (χ0) is 15.6. The molecule has 1 unspecified atom stereocenters. The van der Waals surface area contributed by atoms with Gasteiger partial charge in [0, 0.05) is 26.7 Å². The van der Waals surface area contributed by atoms with E-state index < -0.39 is 15.8 Å². The molecule has 9 heteroatoms. The fraction of sp³-hybridized carbons (Fsp3) is 1.00. The molecule has 0 aromatic heterocycles. The molecule has 0 bridgehead atoms. The summed E-state index contributed by atoms with van der Waals surface area (Å²) in [7, 11) is -1.85. The summed E-state index contributed by atoms with van der Waals surface area (Å²) in [5.41, 5.74) is -0.730. The van der Waals surface area contributed by atoms with Gasteiger partial charge in [0.05, 0.1) is 24.4 Å². The normalized spacial score (nSPS) is 29.2. The fourth-order valence-corrected chi connectivity index (χ4v) is 4.41. The van der Waals surface area contributed by atoms with E-state index in [1.807, 2.05) is 13.8 Å². The van der Waals surface area contributed by atoms with Gasteiger partial charge < -0.3 is 14.8 Å². The van der Waals surface area contributed by atoms with Crippen molar-refractivity contribution in [2.24, 2.45) is 0 Å². The first-order chi connectivity index (χ1) is 9.79. The second-order valence-corrected chi connectivity index (χ2v) is 8.27. The van der Waals surface area contributed by atoms with Crippen molar-refractivity contribution in [3.8, 4) is 0 Å². The molecule has 2 aliphatic heterocycles. The van der Waals surface area contributed by atoms with Gasteiger partial charge in [-0.2, -0.15) is 12.7 Å². The van der Waals surface area contributed by atoms with Crippen molar-refractivity contribution in [3.63, 3.8) is 0 Å². The van der Waals surface area contributed by atoms with Crippen LogP contribution in [-0.2, 0) is 19.7 Å². The van der Waals surface area contributed by atoms with Gasteiger partial charge in [0.1, 0.15) is 0 Å². The van der Waals surface area contributed by atoms with Crippen molar-refractivity contribution in [3.05, 3.63) is 0 Å². The molecule has 2 rings (SSSR count). The summed E-state index contributed by atoms with van der Waals surface area (Å²) in [6.07, 6.45) is 1.95. The maximum absolute atomic E-state index is 12.5. The molecule has 0 spiro atoms. The highest BCUT2D eigenvalue weighted by Gasteiger charge is 2.38. The van der Waals surface area contributed by atoms with Gasteiger partial charge in [-0.25, -0.2) is 4.72 Å².